The van der Waals surface area contributed by atoms with Crippen LogP contribution in [0.4, 0.5) is 0 Å². The number of ether oxygens (including phenoxy) is 2. The van der Waals surface area contributed by atoms with Gasteiger partial charge >= 0.3 is 5.97 Å². The molecular weight excluding hydrogens is 597 g/mol. The van der Waals surface area contributed by atoms with E-state index in [-0.39, 0.29) is 36.8 Å². The molecular formula is C29H28Cl3NO6S. The number of carbonyl (C=O) groups is 2. The zero-order valence-electron chi connectivity index (χ0n) is 21.4. The summed E-state index contributed by atoms with van der Waals surface area (Å²) in [6.07, 6.45) is -1.10. The summed E-state index contributed by atoms with van der Waals surface area (Å²) in [5.41, 5.74) is 3.64. The lowest BCUT2D eigenvalue weighted by molar-refractivity contribution is -0.268. The van der Waals surface area contributed by atoms with Crippen LogP contribution in [-0.4, -0.2) is 37.7 Å². The van der Waals surface area contributed by atoms with Gasteiger partial charge in [0.1, 0.15) is 0 Å². The van der Waals surface area contributed by atoms with Crippen LogP contribution in [0.25, 0.3) is 0 Å². The Morgan fingerprint density at radius 2 is 1.50 bits per heavy atom. The zero-order valence-corrected chi connectivity index (χ0v) is 24.5. The Kier molecular flexibility index (Phi) is 10.4. The molecule has 1 heterocycles. The normalized spacial score (nSPS) is 21.1. The third-order valence-electron chi connectivity index (χ3n) is 6.60. The van der Waals surface area contributed by atoms with Crippen LogP contribution in [0.15, 0.2) is 77.7 Å². The van der Waals surface area contributed by atoms with Crippen LogP contribution in [0.3, 0.4) is 0 Å². The van der Waals surface area contributed by atoms with E-state index in [0.29, 0.717) is 5.75 Å². The Labute approximate surface area is 251 Å². The van der Waals surface area contributed by atoms with Crippen molar-refractivity contribution in [3.63, 3.8) is 0 Å². The predicted octanol–water partition coefficient (Wildman–Crippen LogP) is 6.45. The molecule has 3 aromatic carbocycles. The van der Waals surface area contributed by atoms with E-state index in [2.05, 4.69) is 12.2 Å². The summed E-state index contributed by atoms with van der Waals surface area (Å²) in [6, 6.07) is 21.9. The predicted molar refractivity (Wildman–Crippen MR) is 156 cm³/mol. The van der Waals surface area contributed by atoms with Gasteiger partial charge in [-0.15, -0.1) is 11.8 Å². The average Bonchev–Trinajstić information content (AvgIpc) is 2.95. The minimum Gasteiger partial charge on any atom is -0.478 e. The Bertz CT molecular complexity index is 1300. The third-order valence-corrected chi connectivity index (χ3v) is 8.22. The zero-order chi connectivity index (χ0) is 28.9. The van der Waals surface area contributed by atoms with Crippen LogP contribution in [0.1, 0.15) is 51.9 Å². The van der Waals surface area contributed by atoms with E-state index in [0.717, 1.165) is 27.1 Å². The Morgan fingerprint density at radius 1 is 0.900 bits per heavy atom. The van der Waals surface area contributed by atoms with Gasteiger partial charge in [-0.25, -0.2) is 4.79 Å². The average molecular weight is 625 g/mol. The smallest absolute Gasteiger partial charge is 0.335 e. The fourth-order valence-corrected chi connectivity index (χ4v) is 5.52. The lowest BCUT2D eigenvalue weighted by Gasteiger charge is -2.41. The second-order valence-corrected chi connectivity index (χ2v) is 12.8. The van der Waals surface area contributed by atoms with Crippen LogP contribution in [-0.2, 0) is 27.4 Å². The van der Waals surface area contributed by atoms with E-state index in [9.17, 15) is 14.7 Å². The molecule has 0 bridgehead atoms. The van der Waals surface area contributed by atoms with Crippen molar-refractivity contribution in [2.24, 2.45) is 5.92 Å². The number of hydrogen-bond acceptors (Lipinski definition) is 6. The van der Waals surface area contributed by atoms with Gasteiger partial charge in [0.15, 0.2) is 6.29 Å². The fraction of sp³-hybridized carbons (Fsp3) is 0.310. The van der Waals surface area contributed by atoms with E-state index < -0.39 is 22.0 Å². The molecule has 1 fully saturated rings. The van der Waals surface area contributed by atoms with Crippen molar-refractivity contribution < 1.29 is 29.3 Å². The highest BCUT2D eigenvalue weighted by Crippen LogP contribution is 2.43. The molecule has 4 atom stereocenters. The molecule has 0 spiro atoms. The number of hydrogen-bond donors (Lipinski definition) is 3. The SMILES string of the molecule is C[C@@H]1[C@H](CSc2ccc(C(=O)O)cc2)O[C@H](c2ccc(CNC(=O)C(Cl)(Cl)Cl)cc2)O[C@@H]1c1ccc(CO)cc1. The second kappa shape index (κ2) is 13.6. The number of carboxylic acid groups (broad SMARTS) is 1. The lowest BCUT2D eigenvalue weighted by Crippen LogP contribution is -2.38. The van der Waals surface area contributed by atoms with E-state index in [1.165, 1.54) is 0 Å². The lowest BCUT2D eigenvalue weighted by atomic mass is 9.91. The van der Waals surface area contributed by atoms with Crippen molar-refractivity contribution in [1.29, 1.82) is 0 Å². The molecule has 1 aliphatic heterocycles. The first-order valence-corrected chi connectivity index (χ1v) is 14.6. The van der Waals surface area contributed by atoms with E-state index in [4.69, 9.17) is 49.4 Å². The Balaban J connectivity index is 1.51. The number of amides is 1. The third kappa shape index (κ3) is 7.91. The number of carbonyl (C=O) groups excluding carboxylic acids is 1. The number of rotatable bonds is 9. The summed E-state index contributed by atoms with van der Waals surface area (Å²) in [5, 5.41) is 21.2. The minimum absolute atomic E-state index is 0.00145. The van der Waals surface area contributed by atoms with Crippen LogP contribution in [0, 0.1) is 5.92 Å². The summed E-state index contributed by atoms with van der Waals surface area (Å²) < 4.78 is 10.9. The number of nitrogens with one attached hydrogen (secondary N) is 1. The summed E-state index contributed by atoms with van der Waals surface area (Å²) in [6.45, 7) is 2.23. The van der Waals surface area contributed by atoms with Crippen molar-refractivity contribution in [2.45, 2.75) is 47.3 Å². The molecule has 4 rings (SSSR count). The standard InChI is InChI=1S/C29H28Cl3NO6S/c1-17-24(16-40-23-12-10-21(11-13-23)26(35)36)38-27(39-25(17)20-6-4-19(15-34)5-7-20)22-8-2-18(3-9-22)14-33-28(37)29(30,31)32/h2-13,17,24-25,27,34H,14-16H2,1H3,(H,33,37)(H,35,36)/t17-,24+,25+,27+/m1/s1. The maximum absolute atomic E-state index is 11.9. The van der Waals surface area contributed by atoms with Crippen LogP contribution >= 0.6 is 46.6 Å². The molecule has 0 aromatic heterocycles. The fourth-order valence-electron chi connectivity index (χ4n) is 4.26. The summed E-state index contributed by atoms with van der Waals surface area (Å²) in [4.78, 5) is 24.0. The summed E-state index contributed by atoms with van der Waals surface area (Å²) >= 11 is 18.4. The van der Waals surface area contributed by atoms with Gasteiger partial charge in [-0.3, -0.25) is 4.79 Å². The number of alkyl halides is 3. The highest BCUT2D eigenvalue weighted by Gasteiger charge is 2.38. The molecule has 0 unspecified atom stereocenters. The van der Waals surface area contributed by atoms with E-state index in [1.54, 1.807) is 36.0 Å². The van der Waals surface area contributed by atoms with Crippen molar-refractivity contribution in [2.75, 3.05) is 5.75 Å². The monoisotopic (exact) mass is 623 g/mol. The highest BCUT2D eigenvalue weighted by atomic mass is 35.6. The van der Waals surface area contributed by atoms with Crippen LogP contribution in [0.5, 0.6) is 0 Å². The summed E-state index contributed by atoms with van der Waals surface area (Å²) in [5.74, 6) is -1.05. The molecule has 7 nitrogen and oxygen atoms in total. The van der Waals surface area contributed by atoms with Crippen LogP contribution < -0.4 is 5.32 Å². The largest absolute Gasteiger partial charge is 0.478 e. The van der Waals surface area contributed by atoms with Gasteiger partial charge in [0.25, 0.3) is 9.70 Å². The first-order chi connectivity index (χ1) is 19.0. The highest BCUT2D eigenvalue weighted by molar-refractivity contribution is 7.99. The maximum atomic E-state index is 11.9. The quantitative estimate of drug-likeness (QED) is 0.186. The number of halogens is 3. The minimum atomic E-state index is -2.03. The molecule has 11 heteroatoms. The number of aromatic carboxylic acids is 1. The molecule has 40 heavy (non-hydrogen) atoms. The number of aliphatic hydroxyl groups is 1. The van der Waals surface area contributed by atoms with Gasteiger partial charge in [0, 0.05) is 28.7 Å². The molecule has 1 saturated heterocycles. The van der Waals surface area contributed by atoms with Gasteiger partial charge in [-0.05, 0) is 41.0 Å². The molecule has 0 saturated carbocycles. The molecule has 0 radical (unpaired) electrons. The molecule has 1 amide bonds. The topological polar surface area (TPSA) is 105 Å². The molecule has 0 aliphatic carbocycles. The van der Waals surface area contributed by atoms with Gasteiger partial charge < -0.3 is 25.0 Å². The van der Waals surface area contributed by atoms with Gasteiger partial charge in [0.05, 0.1) is 24.4 Å². The van der Waals surface area contributed by atoms with Crippen LogP contribution in [0.2, 0.25) is 0 Å². The number of aliphatic hydroxyl groups excluding tert-OH is 1. The Morgan fingerprint density at radius 3 is 2.08 bits per heavy atom. The second-order valence-electron chi connectivity index (χ2n) is 9.38. The number of benzene rings is 3. The van der Waals surface area contributed by atoms with Gasteiger partial charge in [-0.1, -0.05) is 90.3 Å². The Hall–Kier alpha value is -2.30. The summed E-state index contributed by atoms with van der Waals surface area (Å²) in [7, 11) is 0. The van der Waals surface area contributed by atoms with E-state index >= 15 is 0 Å². The molecule has 3 N–H and O–H groups in total. The first kappa shape index (κ1) is 30.7. The maximum Gasteiger partial charge on any atom is 0.335 e. The molecule has 3 aromatic rings. The van der Waals surface area contributed by atoms with Gasteiger partial charge in [0.2, 0.25) is 0 Å². The number of carboxylic acids is 1. The first-order valence-electron chi connectivity index (χ1n) is 12.5. The van der Waals surface area contributed by atoms with Crippen molar-refractivity contribution in [3.8, 4) is 0 Å². The van der Waals surface area contributed by atoms with Crippen molar-refractivity contribution >= 4 is 58.4 Å². The molecule has 212 valence electrons. The van der Waals surface area contributed by atoms with Gasteiger partial charge in [-0.2, -0.15) is 0 Å². The van der Waals surface area contributed by atoms with Crippen molar-refractivity contribution in [1.82, 2.24) is 5.32 Å². The molecule has 1 aliphatic rings. The van der Waals surface area contributed by atoms with Crippen molar-refractivity contribution in [3.05, 3.63) is 101 Å². The number of thioether (sulfide) groups is 1. The van der Waals surface area contributed by atoms with E-state index in [1.807, 2.05) is 48.5 Å².